The molecule has 1 atom stereocenters. The Kier molecular flexibility index (Phi) is 5.91. The summed E-state index contributed by atoms with van der Waals surface area (Å²) < 4.78 is 7.12. The van der Waals surface area contributed by atoms with Gasteiger partial charge in [0.15, 0.2) is 0 Å². The number of aryl methyl sites for hydroxylation is 2. The van der Waals surface area contributed by atoms with Crippen molar-refractivity contribution in [2.45, 2.75) is 25.8 Å². The zero-order valence-electron chi connectivity index (χ0n) is 15.2. The SMILES string of the molecule is Cc1nn(C)c2c1C=NC(CC(=O)NCCCOc1cccc(Cl)c1)C2=O. The first-order valence-electron chi connectivity index (χ1n) is 8.71. The van der Waals surface area contributed by atoms with E-state index < -0.39 is 6.04 Å². The highest BCUT2D eigenvalue weighted by molar-refractivity contribution is 6.30. The number of ketones is 1. The number of benzene rings is 1. The number of carbonyl (C=O) groups is 2. The fraction of sp³-hybridized carbons (Fsp3) is 0.368. The van der Waals surface area contributed by atoms with Crippen LogP contribution in [0.3, 0.4) is 0 Å². The Morgan fingerprint density at radius 2 is 2.22 bits per heavy atom. The van der Waals surface area contributed by atoms with Crippen LogP contribution in [0, 0.1) is 6.92 Å². The second kappa shape index (κ2) is 8.35. The second-order valence-corrected chi connectivity index (χ2v) is 6.78. The molecule has 1 aliphatic rings. The number of ether oxygens (including phenoxy) is 1. The third kappa shape index (κ3) is 4.54. The summed E-state index contributed by atoms with van der Waals surface area (Å²) in [5.74, 6) is 0.309. The molecule has 1 aromatic carbocycles. The van der Waals surface area contributed by atoms with E-state index in [1.165, 1.54) is 0 Å². The first-order chi connectivity index (χ1) is 13.0. The van der Waals surface area contributed by atoms with Gasteiger partial charge in [0, 0.05) is 30.4 Å². The Morgan fingerprint density at radius 3 is 3.00 bits per heavy atom. The molecule has 2 heterocycles. The molecule has 1 N–H and O–H groups in total. The molecule has 0 spiro atoms. The minimum atomic E-state index is -0.699. The number of Topliss-reactive ketones (excluding diaryl/α,β-unsaturated/α-hetero) is 1. The van der Waals surface area contributed by atoms with Crippen molar-refractivity contribution >= 4 is 29.5 Å². The molecule has 0 radical (unpaired) electrons. The molecule has 1 unspecified atom stereocenters. The number of halogens is 1. The highest BCUT2D eigenvalue weighted by Crippen LogP contribution is 2.20. The molecule has 0 bridgehead atoms. The summed E-state index contributed by atoms with van der Waals surface area (Å²) in [7, 11) is 1.72. The Balaban J connectivity index is 1.42. The van der Waals surface area contributed by atoms with Gasteiger partial charge in [-0.2, -0.15) is 5.10 Å². The standard InChI is InChI=1S/C19H21ClN4O3/c1-12-15-11-22-16(19(26)18(15)24(2)23-12)10-17(25)21-7-4-8-27-14-6-3-5-13(20)9-14/h3,5-6,9,11,16H,4,7-8,10H2,1-2H3,(H,21,25). The normalized spacial score (nSPS) is 15.5. The van der Waals surface area contributed by atoms with E-state index in [1.807, 2.05) is 19.1 Å². The zero-order chi connectivity index (χ0) is 19.4. The fourth-order valence-corrected chi connectivity index (χ4v) is 3.13. The van der Waals surface area contributed by atoms with Gasteiger partial charge in [0.05, 0.1) is 18.7 Å². The number of nitrogens with one attached hydrogen (secondary N) is 1. The van der Waals surface area contributed by atoms with Crippen LogP contribution in [-0.4, -0.2) is 46.9 Å². The number of fused-ring (bicyclic) bond motifs is 1. The van der Waals surface area contributed by atoms with Crippen molar-refractivity contribution in [2.24, 2.45) is 12.0 Å². The monoisotopic (exact) mass is 388 g/mol. The molecule has 0 saturated carbocycles. The number of hydrogen-bond donors (Lipinski definition) is 1. The molecule has 3 rings (SSSR count). The smallest absolute Gasteiger partial charge is 0.222 e. The molecule has 8 heteroatoms. The lowest BCUT2D eigenvalue weighted by atomic mass is 9.99. The zero-order valence-corrected chi connectivity index (χ0v) is 16.0. The number of rotatable bonds is 7. The van der Waals surface area contributed by atoms with Crippen molar-refractivity contribution in [3.8, 4) is 5.75 Å². The number of hydrogen-bond acceptors (Lipinski definition) is 5. The van der Waals surface area contributed by atoms with Gasteiger partial charge in [0.25, 0.3) is 0 Å². The Bertz CT molecular complexity index is 891. The fourth-order valence-electron chi connectivity index (χ4n) is 2.95. The van der Waals surface area contributed by atoms with Crippen LogP contribution in [-0.2, 0) is 11.8 Å². The molecule has 1 aliphatic heterocycles. The summed E-state index contributed by atoms with van der Waals surface area (Å²) in [5.41, 5.74) is 2.00. The van der Waals surface area contributed by atoms with E-state index in [-0.39, 0.29) is 18.1 Å². The lowest BCUT2D eigenvalue weighted by Gasteiger charge is -2.16. The number of carbonyl (C=O) groups excluding carboxylic acids is 2. The van der Waals surface area contributed by atoms with Crippen LogP contribution >= 0.6 is 11.6 Å². The van der Waals surface area contributed by atoms with E-state index >= 15 is 0 Å². The number of aliphatic imine (C=N–C) groups is 1. The van der Waals surface area contributed by atoms with Crippen molar-refractivity contribution in [2.75, 3.05) is 13.2 Å². The van der Waals surface area contributed by atoms with Crippen LogP contribution in [0.5, 0.6) is 5.75 Å². The molecule has 1 aromatic heterocycles. The van der Waals surface area contributed by atoms with Gasteiger partial charge in [-0.3, -0.25) is 19.3 Å². The van der Waals surface area contributed by atoms with E-state index in [2.05, 4.69) is 15.4 Å². The van der Waals surface area contributed by atoms with Gasteiger partial charge in [-0.05, 0) is 31.5 Å². The molecule has 7 nitrogen and oxygen atoms in total. The first kappa shape index (κ1) is 19.1. The van der Waals surface area contributed by atoms with Crippen molar-refractivity contribution < 1.29 is 14.3 Å². The maximum atomic E-state index is 12.6. The topological polar surface area (TPSA) is 85.6 Å². The van der Waals surface area contributed by atoms with Gasteiger partial charge < -0.3 is 10.1 Å². The van der Waals surface area contributed by atoms with Gasteiger partial charge in [-0.15, -0.1) is 0 Å². The molecular weight excluding hydrogens is 368 g/mol. The Labute approximate surface area is 162 Å². The predicted octanol–water partition coefficient (Wildman–Crippen LogP) is 2.34. The van der Waals surface area contributed by atoms with Crippen molar-refractivity contribution in [3.63, 3.8) is 0 Å². The molecule has 0 saturated heterocycles. The van der Waals surface area contributed by atoms with Crippen LogP contribution in [0.15, 0.2) is 29.3 Å². The maximum absolute atomic E-state index is 12.6. The summed E-state index contributed by atoms with van der Waals surface area (Å²) in [5, 5.41) is 7.65. The highest BCUT2D eigenvalue weighted by atomic mass is 35.5. The quantitative estimate of drug-likeness (QED) is 0.738. The molecule has 1 amide bonds. The van der Waals surface area contributed by atoms with Crippen molar-refractivity contribution in [3.05, 3.63) is 46.2 Å². The molecule has 27 heavy (non-hydrogen) atoms. The number of amides is 1. The van der Waals surface area contributed by atoms with Crippen molar-refractivity contribution in [1.82, 2.24) is 15.1 Å². The summed E-state index contributed by atoms with van der Waals surface area (Å²) in [4.78, 5) is 28.9. The summed E-state index contributed by atoms with van der Waals surface area (Å²) in [6, 6.07) is 6.46. The maximum Gasteiger partial charge on any atom is 0.222 e. The molecular formula is C19H21ClN4O3. The van der Waals surface area contributed by atoms with E-state index in [1.54, 1.807) is 30.1 Å². The highest BCUT2D eigenvalue weighted by Gasteiger charge is 2.31. The number of aromatic nitrogens is 2. The van der Waals surface area contributed by atoms with Crippen molar-refractivity contribution in [1.29, 1.82) is 0 Å². The van der Waals surface area contributed by atoms with Gasteiger partial charge >= 0.3 is 0 Å². The van der Waals surface area contributed by atoms with E-state index in [9.17, 15) is 9.59 Å². The van der Waals surface area contributed by atoms with Crippen LogP contribution in [0.2, 0.25) is 5.02 Å². The molecule has 0 fully saturated rings. The second-order valence-electron chi connectivity index (χ2n) is 6.34. The third-order valence-electron chi connectivity index (χ3n) is 4.27. The van der Waals surface area contributed by atoms with Gasteiger partial charge in [-0.25, -0.2) is 0 Å². The van der Waals surface area contributed by atoms with Gasteiger partial charge in [-0.1, -0.05) is 17.7 Å². The lowest BCUT2D eigenvalue weighted by Crippen LogP contribution is -2.34. The van der Waals surface area contributed by atoms with Crippen LogP contribution in [0.25, 0.3) is 0 Å². The van der Waals surface area contributed by atoms with Crippen LogP contribution in [0.1, 0.15) is 34.6 Å². The first-order valence-corrected chi connectivity index (χ1v) is 9.09. The van der Waals surface area contributed by atoms with E-state index in [0.29, 0.717) is 36.0 Å². The average Bonchev–Trinajstić information content (AvgIpc) is 2.91. The van der Waals surface area contributed by atoms with Crippen LogP contribution in [0.4, 0.5) is 0 Å². The number of nitrogens with zero attached hydrogens (tertiary/aromatic N) is 3. The third-order valence-corrected chi connectivity index (χ3v) is 4.51. The molecule has 0 aliphatic carbocycles. The Morgan fingerprint density at radius 1 is 1.41 bits per heavy atom. The minimum absolute atomic E-state index is 0.0220. The van der Waals surface area contributed by atoms with Crippen LogP contribution < -0.4 is 10.1 Å². The lowest BCUT2D eigenvalue weighted by molar-refractivity contribution is -0.121. The average molecular weight is 389 g/mol. The summed E-state index contributed by atoms with van der Waals surface area (Å²) in [6.07, 6.45) is 2.30. The van der Waals surface area contributed by atoms with Gasteiger partial charge in [0.1, 0.15) is 17.5 Å². The largest absolute Gasteiger partial charge is 0.493 e. The predicted molar refractivity (Wildman–Crippen MR) is 103 cm³/mol. The summed E-state index contributed by atoms with van der Waals surface area (Å²) >= 11 is 5.89. The van der Waals surface area contributed by atoms with E-state index in [0.717, 1.165) is 11.3 Å². The summed E-state index contributed by atoms with van der Waals surface area (Å²) in [6.45, 7) is 2.75. The molecule has 2 aromatic rings. The van der Waals surface area contributed by atoms with E-state index in [4.69, 9.17) is 16.3 Å². The minimum Gasteiger partial charge on any atom is -0.493 e. The Hall–Kier alpha value is -2.67. The molecule has 142 valence electrons. The van der Waals surface area contributed by atoms with Gasteiger partial charge in [0.2, 0.25) is 11.7 Å².